The number of nitrogens with one attached hydrogen (secondary N) is 3. The molecule has 0 aromatic carbocycles. The van der Waals surface area contributed by atoms with E-state index >= 15 is 0 Å². The summed E-state index contributed by atoms with van der Waals surface area (Å²) >= 11 is 5.14. The number of carbonyl (C=O) groups excluding carboxylic acids is 3. The standard InChI is InChI=1S/C15H27I2N3O4S/c1-3-10(2)14(15(16)24)19-12(22)4-6-18-13(23)9-25-7-5-11(8-21)20-17/h8,10-12,14,19-20,22H,3-7,9H2,1-2H3,(H,18,23)/t10-,11-,12?,14-/m0/s1. The Kier molecular flexibility index (Phi) is 15.9. The Morgan fingerprint density at radius 1 is 1.32 bits per heavy atom. The zero-order valence-corrected chi connectivity index (χ0v) is 19.6. The van der Waals surface area contributed by atoms with Crippen LogP contribution >= 0.6 is 57.2 Å². The van der Waals surface area contributed by atoms with Gasteiger partial charge in [0.2, 0.25) is 9.70 Å². The van der Waals surface area contributed by atoms with Crippen molar-refractivity contribution in [1.82, 2.24) is 14.2 Å². The minimum absolute atomic E-state index is 0.0268. The molecule has 0 spiro atoms. The highest BCUT2D eigenvalue weighted by Crippen LogP contribution is 2.12. The molecule has 0 radical (unpaired) electrons. The molecule has 25 heavy (non-hydrogen) atoms. The SMILES string of the molecule is CC[C@H](C)[C@H](NC(O)CCNC(=O)CSCC[C@@H](C=O)NI)C(=O)I. The molecule has 10 heteroatoms. The zero-order valence-electron chi connectivity index (χ0n) is 14.5. The molecule has 0 heterocycles. The normalized spacial score (nSPS) is 15.9. The summed E-state index contributed by atoms with van der Waals surface area (Å²) in [5.41, 5.74) is 0. The molecular formula is C15H27I2N3O4S. The van der Waals surface area contributed by atoms with E-state index in [-0.39, 0.29) is 27.7 Å². The van der Waals surface area contributed by atoms with Crippen molar-refractivity contribution in [1.29, 1.82) is 0 Å². The second-order valence-electron chi connectivity index (χ2n) is 5.68. The first-order valence-corrected chi connectivity index (χ1v) is 11.5. The number of thioether (sulfide) groups is 1. The maximum absolute atomic E-state index is 11.7. The van der Waals surface area contributed by atoms with E-state index in [2.05, 4.69) is 14.2 Å². The Morgan fingerprint density at radius 3 is 2.52 bits per heavy atom. The lowest BCUT2D eigenvalue weighted by Gasteiger charge is -2.24. The van der Waals surface area contributed by atoms with Gasteiger partial charge in [-0.05, 0) is 18.1 Å². The first kappa shape index (κ1) is 25.5. The van der Waals surface area contributed by atoms with Gasteiger partial charge in [0, 0.05) is 58.4 Å². The van der Waals surface area contributed by atoms with Crippen LogP contribution in [-0.2, 0) is 14.4 Å². The van der Waals surface area contributed by atoms with Crippen LogP contribution in [0.4, 0.5) is 0 Å². The van der Waals surface area contributed by atoms with Crippen molar-refractivity contribution in [2.75, 3.05) is 18.1 Å². The van der Waals surface area contributed by atoms with Gasteiger partial charge in [-0.25, -0.2) is 0 Å². The summed E-state index contributed by atoms with van der Waals surface area (Å²) in [6.07, 6.45) is 1.86. The van der Waals surface area contributed by atoms with E-state index in [1.807, 2.05) is 36.7 Å². The highest BCUT2D eigenvalue weighted by molar-refractivity contribution is 14.1. The average Bonchev–Trinajstić information content (AvgIpc) is 2.58. The van der Waals surface area contributed by atoms with Crippen LogP contribution in [0.25, 0.3) is 0 Å². The van der Waals surface area contributed by atoms with E-state index in [1.165, 1.54) is 11.8 Å². The molecule has 7 nitrogen and oxygen atoms in total. The first-order valence-electron chi connectivity index (χ1n) is 8.15. The molecule has 0 aliphatic heterocycles. The fraction of sp³-hybridized carbons (Fsp3) is 0.800. The molecule has 4 N–H and O–H groups in total. The van der Waals surface area contributed by atoms with E-state index in [4.69, 9.17) is 0 Å². The molecule has 0 aromatic rings. The molecule has 0 aliphatic carbocycles. The second kappa shape index (κ2) is 15.5. The van der Waals surface area contributed by atoms with Gasteiger partial charge in [0.15, 0.2) is 0 Å². The molecule has 0 fully saturated rings. The number of hydrogen-bond acceptors (Lipinski definition) is 7. The van der Waals surface area contributed by atoms with E-state index in [1.54, 1.807) is 22.6 Å². The maximum Gasteiger partial charge on any atom is 0.229 e. The number of halogens is 2. The van der Waals surface area contributed by atoms with Crippen molar-refractivity contribution in [2.45, 2.75) is 51.4 Å². The summed E-state index contributed by atoms with van der Waals surface area (Å²) in [6.45, 7) is 4.29. The van der Waals surface area contributed by atoms with Crippen LogP contribution in [0, 0.1) is 5.92 Å². The molecule has 0 rings (SSSR count). The minimum atomic E-state index is -0.839. The van der Waals surface area contributed by atoms with Gasteiger partial charge in [-0.2, -0.15) is 11.8 Å². The molecular weight excluding hydrogens is 572 g/mol. The fourth-order valence-electron chi connectivity index (χ4n) is 1.90. The molecule has 0 saturated carbocycles. The number of hydrogen-bond donors (Lipinski definition) is 4. The van der Waals surface area contributed by atoms with E-state index < -0.39 is 6.23 Å². The largest absolute Gasteiger partial charge is 0.379 e. The number of aldehydes is 1. The highest BCUT2D eigenvalue weighted by Gasteiger charge is 2.23. The molecule has 0 saturated heterocycles. The predicted octanol–water partition coefficient (Wildman–Crippen LogP) is 1.41. The molecule has 1 amide bonds. The summed E-state index contributed by atoms with van der Waals surface area (Å²) in [6, 6.07) is -0.569. The van der Waals surface area contributed by atoms with Crippen LogP contribution in [0.5, 0.6) is 0 Å². The Bertz CT molecular complexity index is 418. The summed E-state index contributed by atoms with van der Waals surface area (Å²) in [5.74, 6) is 1.06. The molecule has 0 aliphatic rings. The van der Waals surface area contributed by atoms with Crippen molar-refractivity contribution in [3.8, 4) is 0 Å². The van der Waals surface area contributed by atoms with Gasteiger partial charge >= 0.3 is 0 Å². The van der Waals surface area contributed by atoms with Crippen molar-refractivity contribution in [2.24, 2.45) is 5.92 Å². The number of amides is 1. The Hall–Kier alpha value is 0.500. The summed E-state index contributed by atoms with van der Waals surface area (Å²) < 4.78 is 2.82. The van der Waals surface area contributed by atoms with Crippen LogP contribution in [-0.4, -0.2) is 57.5 Å². The minimum Gasteiger partial charge on any atom is -0.379 e. The average molecular weight is 599 g/mol. The number of aliphatic hydroxyl groups excluding tert-OH is 1. The Balaban J connectivity index is 3.92. The molecule has 146 valence electrons. The predicted molar refractivity (Wildman–Crippen MR) is 118 cm³/mol. The lowest BCUT2D eigenvalue weighted by atomic mass is 10.0. The lowest BCUT2D eigenvalue weighted by Crippen LogP contribution is -2.46. The fourth-order valence-corrected chi connectivity index (χ4v) is 4.01. The summed E-state index contributed by atoms with van der Waals surface area (Å²) in [5, 5.41) is 15.7. The lowest BCUT2D eigenvalue weighted by molar-refractivity contribution is -0.119. The zero-order chi connectivity index (χ0) is 19.2. The van der Waals surface area contributed by atoms with Gasteiger partial charge in [-0.15, -0.1) is 0 Å². The Morgan fingerprint density at radius 2 is 2.00 bits per heavy atom. The van der Waals surface area contributed by atoms with Gasteiger partial charge in [-0.1, -0.05) is 20.3 Å². The Labute approximate surface area is 181 Å². The third kappa shape index (κ3) is 12.5. The monoisotopic (exact) mass is 599 g/mol. The third-order valence-electron chi connectivity index (χ3n) is 3.68. The molecule has 4 atom stereocenters. The highest BCUT2D eigenvalue weighted by atomic mass is 127. The smallest absolute Gasteiger partial charge is 0.229 e. The quantitative estimate of drug-likeness (QED) is 0.0564. The van der Waals surface area contributed by atoms with Gasteiger partial charge in [0.25, 0.3) is 0 Å². The van der Waals surface area contributed by atoms with Crippen LogP contribution < -0.4 is 14.2 Å². The molecule has 0 aromatic heterocycles. The van der Waals surface area contributed by atoms with Crippen LogP contribution in [0.2, 0.25) is 0 Å². The van der Waals surface area contributed by atoms with Gasteiger partial charge in [0.05, 0.1) is 17.8 Å². The van der Waals surface area contributed by atoms with Crippen LogP contribution in [0.1, 0.15) is 33.1 Å². The van der Waals surface area contributed by atoms with E-state index in [9.17, 15) is 19.5 Å². The van der Waals surface area contributed by atoms with Crippen molar-refractivity contribution >= 4 is 73.2 Å². The topological polar surface area (TPSA) is 108 Å². The van der Waals surface area contributed by atoms with Gasteiger partial charge in [0.1, 0.15) is 12.5 Å². The summed E-state index contributed by atoms with van der Waals surface area (Å²) in [4.78, 5) is 34.0. The van der Waals surface area contributed by atoms with E-state index in [0.717, 1.165) is 12.7 Å². The molecule has 1 unspecified atom stereocenters. The van der Waals surface area contributed by atoms with Crippen molar-refractivity contribution in [3.05, 3.63) is 0 Å². The van der Waals surface area contributed by atoms with Crippen molar-refractivity contribution in [3.63, 3.8) is 0 Å². The van der Waals surface area contributed by atoms with E-state index in [0.29, 0.717) is 30.9 Å². The van der Waals surface area contributed by atoms with Gasteiger partial charge in [-0.3, -0.25) is 18.4 Å². The third-order valence-corrected chi connectivity index (χ3v) is 6.14. The van der Waals surface area contributed by atoms with Crippen LogP contribution in [0.15, 0.2) is 0 Å². The van der Waals surface area contributed by atoms with Crippen LogP contribution in [0.3, 0.4) is 0 Å². The second-order valence-corrected chi connectivity index (χ2v) is 8.47. The molecule has 0 bridgehead atoms. The number of aliphatic hydroxyl groups is 1. The first-order chi connectivity index (χ1) is 11.8. The summed E-state index contributed by atoms with van der Waals surface area (Å²) in [7, 11) is 0. The number of rotatable bonds is 15. The van der Waals surface area contributed by atoms with Crippen molar-refractivity contribution < 1.29 is 19.5 Å². The number of carbonyl (C=O) groups is 3. The van der Waals surface area contributed by atoms with Gasteiger partial charge < -0.3 is 15.2 Å². The maximum atomic E-state index is 11.7.